The number of nitrogens with one attached hydrogen (secondary N) is 1. The Labute approximate surface area is 100 Å². The number of rotatable bonds is 4. The molecule has 2 rings (SSSR count). The Kier molecular flexibility index (Phi) is 2.94. The molecule has 0 amide bonds. The van der Waals surface area contributed by atoms with Crippen LogP contribution in [0.1, 0.15) is 18.4 Å². The van der Waals surface area contributed by atoms with E-state index in [1.165, 1.54) is 0 Å². The molecule has 0 saturated heterocycles. The number of nitrogens with zero attached hydrogens (tertiary/aromatic N) is 1. The van der Waals surface area contributed by atoms with E-state index in [4.69, 9.17) is 10.00 Å². The molecule has 1 N–H and O–H groups in total. The zero-order valence-electron chi connectivity index (χ0n) is 9.30. The standard InChI is InChI=1S/C11H12N2O3S/c1-17(14,15)13-11-8(7-12)3-2-4-10(11)16-9-5-6-9/h2-4,9,13H,5-6H2,1H3. The maximum atomic E-state index is 11.2. The van der Waals surface area contributed by atoms with E-state index in [0.717, 1.165) is 19.1 Å². The van der Waals surface area contributed by atoms with Crippen LogP contribution in [0.2, 0.25) is 0 Å². The smallest absolute Gasteiger partial charge is 0.229 e. The van der Waals surface area contributed by atoms with Crippen molar-refractivity contribution in [3.05, 3.63) is 23.8 Å². The maximum absolute atomic E-state index is 11.2. The van der Waals surface area contributed by atoms with E-state index >= 15 is 0 Å². The van der Waals surface area contributed by atoms with E-state index in [9.17, 15) is 8.42 Å². The molecule has 6 heteroatoms. The largest absolute Gasteiger partial charge is 0.488 e. The van der Waals surface area contributed by atoms with Gasteiger partial charge in [0.05, 0.1) is 17.9 Å². The third kappa shape index (κ3) is 3.11. The first-order chi connectivity index (χ1) is 7.99. The van der Waals surface area contributed by atoms with Gasteiger partial charge in [-0.15, -0.1) is 0 Å². The van der Waals surface area contributed by atoms with Crippen molar-refractivity contribution in [1.29, 1.82) is 5.26 Å². The van der Waals surface area contributed by atoms with Gasteiger partial charge in [-0.05, 0) is 25.0 Å². The lowest BCUT2D eigenvalue weighted by molar-refractivity contribution is 0.305. The Balaban J connectivity index is 2.39. The fourth-order valence-electron chi connectivity index (χ4n) is 1.38. The highest BCUT2D eigenvalue weighted by molar-refractivity contribution is 7.92. The van der Waals surface area contributed by atoms with Crippen LogP contribution in [0.3, 0.4) is 0 Å². The van der Waals surface area contributed by atoms with Gasteiger partial charge in [0.15, 0.2) is 0 Å². The van der Waals surface area contributed by atoms with Crippen molar-refractivity contribution in [1.82, 2.24) is 0 Å². The normalized spacial score (nSPS) is 15.1. The molecule has 5 nitrogen and oxygen atoms in total. The fourth-order valence-corrected chi connectivity index (χ4v) is 1.96. The predicted molar refractivity (Wildman–Crippen MR) is 63.3 cm³/mol. The molecule has 0 spiro atoms. The average Bonchev–Trinajstić information content (AvgIpc) is 3.02. The maximum Gasteiger partial charge on any atom is 0.229 e. The molecule has 0 atom stereocenters. The van der Waals surface area contributed by atoms with Gasteiger partial charge in [-0.1, -0.05) is 6.07 Å². The number of hydrogen-bond acceptors (Lipinski definition) is 4. The lowest BCUT2D eigenvalue weighted by Crippen LogP contribution is -2.12. The zero-order chi connectivity index (χ0) is 12.5. The summed E-state index contributed by atoms with van der Waals surface area (Å²) in [5.41, 5.74) is 0.484. The molecule has 1 aromatic rings. The molecule has 17 heavy (non-hydrogen) atoms. The van der Waals surface area contributed by atoms with Crippen molar-refractivity contribution < 1.29 is 13.2 Å². The molecule has 0 heterocycles. The van der Waals surface area contributed by atoms with Crippen LogP contribution in [0.4, 0.5) is 5.69 Å². The van der Waals surface area contributed by atoms with Gasteiger partial charge in [-0.3, -0.25) is 4.72 Å². The third-order valence-electron chi connectivity index (χ3n) is 2.25. The van der Waals surface area contributed by atoms with Gasteiger partial charge in [-0.25, -0.2) is 8.42 Å². The number of para-hydroxylation sites is 1. The van der Waals surface area contributed by atoms with Gasteiger partial charge in [-0.2, -0.15) is 5.26 Å². The Morgan fingerprint density at radius 1 is 1.47 bits per heavy atom. The van der Waals surface area contributed by atoms with Crippen molar-refractivity contribution in [3.8, 4) is 11.8 Å². The summed E-state index contributed by atoms with van der Waals surface area (Å²) in [6.07, 6.45) is 3.12. The quantitative estimate of drug-likeness (QED) is 0.880. The summed E-state index contributed by atoms with van der Waals surface area (Å²) in [5, 5.41) is 8.95. The minimum absolute atomic E-state index is 0.143. The summed E-state index contributed by atoms with van der Waals surface area (Å²) in [7, 11) is -3.43. The lowest BCUT2D eigenvalue weighted by Gasteiger charge is -2.12. The van der Waals surface area contributed by atoms with Crippen LogP contribution < -0.4 is 9.46 Å². The molecule has 90 valence electrons. The van der Waals surface area contributed by atoms with Crippen LogP contribution in [0, 0.1) is 11.3 Å². The molecule has 0 aliphatic heterocycles. The van der Waals surface area contributed by atoms with Gasteiger partial charge < -0.3 is 4.74 Å². The molecular formula is C11H12N2O3S. The van der Waals surface area contributed by atoms with Gasteiger partial charge in [0.2, 0.25) is 10.0 Å². The van der Waals surface area contributed by atoms with Crippen LogP contribution in [0.25, 0.3) is 0 Å². The number of anilines is 1. The summed E-state index contributed by atoms with van der Waals surface area (Å²) in [4.78, 5) is 0. The summed E-state index contributed by atoms with van der Waals surface area (Å²) < 4.78 is 30.4. The lowest BCUT2D eigenvalue weighted by atomic mass is 10.2. The number of ether oxygens (including phenoxy) is 1. The monoisotopic (exact) mass is 252 g/mol. The Bertz CT molecular complexity index is 571. The minimum atomic E-state index is -3.43. The SMILES string of the molecule is CS(=O)(=O)Nc1c(C#N)cccc1OC1CC1. The first kappa shape index (κ1) is 11.7. The second-order valence-corrected chi connectivity index (χ2v) is 5.73. The van der Waals surface area contributed by atoms with E-state index < -0.39 is 10.0 Å². The second kappa shape index (κ2) is 4.26. The number of hydrogen-bond donors (Lipinski definition) is 1. The molecular weight excluding hydrogens is 240 g/mol. The van der Waals surface area contributed by atoms with Gasteiger partial charge in [0.1, 0.15) is 17.5 Å². The van der Waals surface area contributed by atoms with E-state index in [2.05, 4.69) is 4.72 Å². The molecule has 1 aliphatic rings. The first-order valence-electron chi connectivity index (χ1n) is 5.17. The fraction of sp³-hybridized carbons (Fsp3) is 0.364. The van der Waals surface area contributed by atoms with Crippen molar-refractivity contribution in [2.75, 3.05) is 11.0 Å². The van der Waals surface area contributed by atoms with Crippen LogP contribution in [-0.4, -0.2) is 20.8 Å². The number of nitriles is 1. The number of sulfonamides is 1. The Hall–Kier alpha value is -1.74. The highest BCUT2D eigenvalue weighted by Gasteiger charge is 2.25. The molecule has 0 radical (unpaired) electrons. The van der Waals surface area contributed by atoms with E-state index in [1.54, 1.807) is 18.2 Å². The van der Waals surface area contributed by atoms with Crippen LogP contribution in [0.15, 0.2) is 18.2 Å². The number of benzene rings is 1. The third-order valence-corrected chi connectivity index (χ3v) is 2.83. The van der Waals surface area contributed by atoms with Crippen molar-refractivity contribution in [2.24, 2.45) is 0 Å². The first-order valence-corrected chi connectivity index (χ1v) is 7.06. The van der Waals surface area contributed by atoms with E-state index in [0.29, 0.717) is 5.75 Å². The zero-order valence-corrected chi connectivity index (χ0v) is 10.1. The molecule has 1 aromatic carbocycles. The van der Waals surface area contributed by atoms with Gasteiger partial charge in [0.25, 0.3) is 0 Å². The minimum Gasteiger partial charge on any atom is -0.488 e. The summed E-state index contributed by atoms with van der Waals surface area (Å²) in [5.74, 6) is 0.414. The molecule has 0 unspecified atom stereocenters. The van der Waals surface area contributed by atoms with Crippen molar-refractivity contribution in [2.45, 2.75) is 18.9 Å². The van der Waals surface area contributed by atoms with Crippen LogP contribution in [-0.2, 0) is 10.0 Å². The molecule has 1 saturated carbocycles. The molecule has 0 bridgehead atoms. The summed E-state index contributed by atoms with van der Waals surface area (Å²) in [6, 6.07) is 6.82. The topological polar surface area (TPSA) is 79.2 Å². The van der Waals surface area contributed by atoms with Crippen LogP contribution >= 0.6 is 0 Å². The summed E-state index contributed by atoms with van der Waals surface area (Å²) >= 11 is 0. The second-order valence-electron chi connectivity index (χ2n) is 3.98. The molecule has 1 fully saturated rings. The van der Waals surface area contributed by atoms with Crippen molar-refractivity contribution >= 4 is 15.7 Å². The molecule has 0 aromatic heterocycles. The van der Waals surface area contributed by atoms with Gasteiger partial charge >= 0.3 is 0 Å². The van der Waals surface area contributed by atoms with Gasteiger partial charge in [0, 0.05) is 0 Å². The highest BCUT2D eigenvalue weighted by Crippen LogP contribution is 2.34. The average molecular weight is 252 g/mol. The Morgan fingerprint density at radius 3 is 2.71 bits per heavy atom. The highest BCUT2D eigenvalue weighted by atomic mass is 32.2. The van der Waals surface area contributed by atoms with E-state index in [1.807, 2.05) is 6.07 Å². The van der Waals surface area contributed by atoms with Crippen LogP contribution in [0.5, 0.6) is 5.75 Å². The van der Waals surface area contributed by atoms with Crippen molar-refractivity contribution in [3.63, 3.8) is 0 Å². The Morgan fingerprint density at radius 2 is 2.18 bits per heavy atom. The predicted octanol–water partition coefficient (Wildman–Crippen LogP) is 1.47. The molecule has 1 aliphatic carbocycles. The summed E-state index contributed by atoms with van der Waals surface area (Å²) in [6.45, 7) is 0. The van der Waals surface area contributed by atoms with E-state index in [-0.39, 0.29) is 17.4 Å².